The van der Waals surface area contributed by atoms with Gasteiger partial charge in [0.05, 0.1) is 7.11 Å². The summed E-state index contributed by atoms with van der Waals surface area (Å²) in [7, 11) is 1.47. The van der Waals surface area contributed by atoms with Crippen LogP contribution in [0.1, 0.15) is 5.56 Å². The first kappa shape index (κ1) is 14.2. The van der Waals surface area contributed by atoms with E-state index in [-0.39, 0.29) is 5.71 Å². The van der Waals surface area contributed by atoms with Crippen molar-refractivity contribution in [3.05, 3.63) is 29.8 Å². The summed E-state index contributed by atoms with van der Waals surface area (Å²) < 4.78 is 44.2. The van der Waals surface area contributed by atoms with E-state index in [0.29, 0.717) is 11.3 Å². The second-order valence-corrected chi connectivity index (χ2v) is 3.66. The lowest BCUT2D eigenvalue weighted by Crippen LogP contribution is -2.02. The van der Waals surface area contributed by atoms with E-state index in [1.807, 2.05) is 0 Å². The summed E-state index contributed by atoms with van der Waals surface area (Å²) in [6.07, 6.45) is 0. The molecule has 96 valence electrons. The van der Waals surface area contributed by atoms with Crippen molar-refractivity contribution in [2.75, 3.05) is 7.11 Å². The molecule has 0 atom stereocenters. The molecule has 0 radical (unpaired) electrons. The van der Waals surface area contributed by atoms with Gasteiger partial charge in [-0.05, 0) is 24.3 Å². The molecular weight excluding hydrogens is 269 g/mol. The van der Waals surface area contributed by atoms with Crippen LogP contribution in [0.2, 0.25) is 0 Å². The van der Waals surface area contributed by atoms with Crippen LogP contribution in [0.5, 0.6) is 5.75 Å². The molecule has 0 spiro atoms. The zero-order chi connectivity index (χ0) is 13.6. The molecule has 0 aromatic heterocycles. The van der Waals surface area contributed by atoms with E-state index in [1.54, 1.807) is 18.2 Å². The van der Waals surface area contributed by atoms with Crippen molar-refractivity contribution in [2.45, 2.75) is 5.51 Å². The Morgan fingerprint density at radius 1 is 1.33 bits per heavy atom. The highest BCUT2D eigenvalue weighted by Gasteiger charge is 2.31. The predicted octanol–water partition coefficient (Wildman–Crippen LogP) is 3.11. The lowest BCUT2D eigenvalue weighted by atomic mass is 10.1. The Balaban J connectivity index is 2.76. The normalized spacial score (nSPS) is 11.8. The van der Waals surface area contributed by atoms with E-state index in [0.717, 1.165) is 0 Å². The number of oxime groups is 1. The molecule has 0 fully saturated rings. The number of alkyl halides is 3. The third-order valence-electron chi connectivity index (χ3n) is 1.73. The van der Waals surface area contributed by atoms with Crippen molar-refractivity contribution in [3.63, 3.8) is 0 Å². The third kappa shape index (κ3) is 4.55. The van der Waals surface area contributed by atoms with Gasteiger partial charge in [0, 0.05) is 5.56 Å². The quantitative estimate of drug-likeness (QED) is 0.481. The van der Waals surface area contributed by atoms with E-state index in [9.17, 15) is 13.2 Å². The number of methoxy groups -OCH3 is 1. The minimum absolute atomic E-state index is 0.255. The molecule has 1 rings (SSSR count). The van der Waals surface area contributed by atoms with E-state index < -0.39 is 17.6 Å². The van der Waals surface area contributed by atoms with Crippen LogP contribution in [0.3, 0.4) is 0 Å². The SMILES string of the molecule is COc1ccc(/C(C#N)=N/OSC(F)(F)F)cc1. The van der Waals surface area contributed by atoms with Crippen LogP contribution in [0.25, 0.3) is 0 Å². The van der Waals surface area contributed by atoms with Gasteiger partial charge < -0.3 is 9.02 Å². The summed E-state index contributed by atoms with van der Waals surface area (Å²) in [6.45, 7) is 0. The van der Waals surface area contributed by atoms with Gasteiger partial charge >= 0.3 is 5.51 Å². The lowest BCUT2D eigenvalue weighted by Gasteiger charge is -2.03. The average molecular weight is 276 g/mol. The first-order valence-corrected chi connectivity index (χ1v) is 5.24. The minimum Gasteiger partial charge on any atom is -0.497 e. The van der Waals surface area contributed by atoms with Crippen LogP contribution in [-0.4, -0.2) is 18.3 Å². The summed E-state index contributed by atoms with van der Waals surface area (Å²) in [5.74, 6) is 0.557. The number of hydrogen-bond donors (Lipinski definition) is 0. The molecule has 0 unspecified atom stereocenters. The number of ether oxygens (including phenoxy) is 1. The molecule has 0 N–H and O–H groups in total. The molecule has 0 aliphatic heterocycles. The fourth-order valence-electron chi connectivity index (χ4n) is 0.985. The molecule has 0 amide bonds. The van der Waals surface area contributed by atoms with Gasteiger partial charge in [-0.15, -0.1) is 0 Å². The summed E-state index contributed by atoms with van der Waals surface area (Å²) in [5.41, 5.74) is -4.49. The minimum atomic E-state index is -4.57. The first-order chi connectivity index (χ1) is 8.46. The predicted molar refractivity (Wildman–Crippen MR) is 59.9 cm³/mol. The highest BCUT2D eigenvalue weighted by molar-refractivity contribution is 7.95. The van der Waals surface area contributed by atoms with Gasteiger partial charge in [0.1, 0.15) is 11.8 Å². The summed E-state index contributed by atoms with van der Waals surface area (Å²) >= 11 is -0.784. The highest BCUT2D eigenvalue weighted by atomic mass is 32.2. The molecule has 1 aromatic carbocycles. The molecular formula is C10H7F3N2O2S. The Morgan fingerprint density at radius 3 is 2.39 bits per heavy atom. The topological polar surface area (TPSA) is 54.6 Å². The molecule has 0 bridgehead atoms. The first-order valence-electron chi connectivity index (χ1n) is 4.50. The molecule has 0 saturated carbocycles. The molecule has 0 aliphatic rings. The Hall–Kier alpha value is -1.88. The Labute approximate surface area is 105 Å². The standard InChI is InChI=1S/C10H7F3N2O2S/c1-16-8-4-2-7(3-5-8)9(6-14)15-17-18-10(11,12)13/h2-5H,1H3/b15-9+. The summed E-state index contributed by atoms with van der Waals surface area (Å²) in [6, 6.07) is 7.73. The van der Waals surface area contributed by atoms with Crippen LogP contribution in [0.4, 0.5) is 13.2 Å². The smallest absolute Gasteiger partial charge is 0.482 e. The van der Waals surface area contributed by atoms with Gasteiger partial charge in [-0.2, -0.15) is 18.4 Å². The van der Waals surface area contributed by atoms with E-state index in [4.69, 9.17) is 10.00 Å². The maximum absolute atomic E-state index is 11.8. The van der Waals surface area contributed by atoms with Crippen LogP contribution < -0.4 is 4.74 Å². The molecule has 4 nitrogen and oxygen atoms in total. The van der Waals surface area contributed by atoms with E-state index >= 15 is 0 Å². The van der Waals surface area contributed by atoms with Crippen molar-refractivity contribution in [2.24, 2.45) is 5.16 Å². The molecule has 0 saturated heterocycles. The molecule has 0 aliphatic carbocycles. The number of benzene rings is 1. The maximum Gasteiger partial charge on any atom is 0.482 e. The van der Waals surface area contributed by atoms with Gasteiger partial charge in [0.15, 0.2) is 5.71 Å². The monoisotopic (exact) mass is 276 g/mol. The third-order valence-corrected chi connectivity index (χ3v) is 2.07. The molecule has 1 aromatic rings. The molecule has 18 heavy (non-hydrogen) atoms. The van der Waals surface area contributed by atoms with Crippen LogP contribution >= 0.6 is 12.0 Å². The maximum atomic E-state index is 11.8. The van der Waals surface area contributed by atoms with Crippen molar-refractivity contribution >= 4 is 17.8 Å². The fraction of sp³-hybridized carbons (Fsp3) is 0.200. The van der Waals surface area contributed by atoms with Crippen molar-refractivity contribution < 1.29 is 22.2 Å². The number of nitrogens with zero attached hydrogens (tertiary/aromatic N) is 2. The van der Waals surface area contributed by atoms with Crippen LogP contribution in [-0.2, 0) is 4.28 Å². The second-order valence-electron chi connectivity index (χ2n) is 2.88. The van der Waals surface area contributed by atoms with Crippen LogP contribution in [0, 0.1) is 11.3 Å². The molecule has 8 heteroatoms. The van der Waals surface area contributed by atoms with Gasteiger partial charge in [-0.3, -0.25) is 0 Å². The second kappa shape index (κ2) is 6.16. The van der Waals surface area contributed by atoms with E-state index in [2.05, 4.69) is 9.44 Å². The lowest BCUT2D eigenvalue weighted by molar-refractivity contribution is -0.0395. The largest absolute Gasteiger partial charge is 0.497 e. The van der Waals surface area contributed by atoms with Gasteiger partial charge in [-0.25, -0.2) is 0 Å². The number of nitriles is 1. The van der Waals surface area contributed by atoms with E-state index in [1.165, 1.54) is 19.2 Å². The summed E-state index contributed by atoms with van der Waals surface area (Å²) in [4.78, 5) is 0. The van der Waals surface area contributed by atoms with Gasteiger partial charge in [0.25, 0.3) is 0 Å². The number of halogens is 3. The van der Waals surface area contributed by atoms with Crippen molar-refractivity contribution in [3.8, 4) is 11.8 Å². The van der Waals surface area contributed by atoms with Crippen molar-refractivity contribution in [1.29, 1.82) is 5.26 Å². The Morgan fingerprint density at radius 2 is 1.94 bits per heavy atom. The zero-order valence-corrected chi connectivity index (χ0v) is 9.88. The Kier molecular flexibility index (Phi) is 4.85. The highest BCUT2D eigenvalue weighted by Crippen LogP contribution is 2.31. The summed E-state index contributed by atoms with van der Waals surface area (Å²) in [5, 5.41) is 11.9. The molecule has 0 heterocycles. The van der Waals surface area contributed by atoms with Gasteiger partial charge in [0.2, 0.25) is 12.0 Å². The van der Waals surface area contributed by atoms with Crippen molar-refractivity contribution in [1.82, 2.24) is 0 Å². The van der Waals surface area contributed by atoms with Gasteiger partial charge in [-0.1, -0.05) is 5.16 Å². The number of hydrogen-bond acceptors (Lipinski definition) is 5. The Bertz CT molecular complexity index is 465. The number of rotatable bonds is 4. The average Bonchev–Trinajstić information content (AvgIpc) is 2.34. The zero-order valence-electron chi connectivity index (χ0n) is 9.06. The van der Waals surface area contributed by atoms with Crippen LogP contribution in [0.15, 0.2) is 29.4 Å². The fourth-order valence-corrected chi connectivity index (χ4v) is 1.18.